The van der Waals surface area contributed by atoms with Gasteiger partial charge in [-0.05, 0) is 49.7 Å². The van der Waals surface area contributed by atoms with Crippen LogP contribution in [0, 0.1) is 5.92 Å². The number of rotatable bonds is 3. The van der Waals surface area contributed by atoms with Gasteiger partial charge in [0.05, 0.1) is 10.7 Å². The van der Waals surface area contributed by atoms with E-state index in [0.29, 0.717) is 23.3 Å². The summed E-state index contributed by atoms with van der Waals surface area (Å²) in [5.41, 5.74) is 2.68. The zero-order chi connectivity index (χ0) is 17.2. The molecule has 2 aliphatic rings. The van der Waals surface area contributed by atoms with Crippen molar-refractivity contribution in [2.24, 2.45) is 5.92 Å². The number of hydrogen-bond acceptors (Lipinski definition) is 5. The van der Waals surface area contributed by atoms with E-state index in [2.05, 4.69) is 21.3 Å². The topological polar surface area (TPSA) is 57.6 Å². The number of ether oxygens (including phenoxy) is 1. The van der Waals surface area contributed by atoms with Gasteiger partial charge in [-0.1, -0.05) is 11.6 Å². The second-order valence-corrected chi connectivity index (χ2v) is 7.22. The molecule has 1 aromatic heterocycles. The molecule has 0 spiro atoms. The Bertz CT molecular complexity index is 745. The lowest BCUT2D eigenvalue weighted by Crippen LogP contribution is -2.32. The minimum Gasteiger partial charge on any atom is -0.504 e. The Kier molecular flexibility index (Phi) is 4.79. The SMILES string of the molecule is Oc1cc(-c2ccc(Cl)cn2)cc2c1OCCN(C[C@H]1CCNC1)C2. The third-order valence-electron chi connectivity index (χ3n) is 4.90. The first-order chi connectivity index (χ1) is 12.2. The monoisotopic (exact) mass is 359 g/mol. The van der Waals surface area contributed by atoms with Gasteiger partial charge in [0.2, 0.25) is 0 Å². The van der Waals surface area contributed by atoms with Gasteiger partial charge in [-0.15, -0.1) is 0 Å². The van der Waals surface area contributed by atoms with Crippen LogP contribution in [0.1, 0.15) is 12.0 Å². The fourth-order valence-electron chi connectivity index (χ4n) is 3.64. The molecular weight excluding hydrogens is 338 g/mol. The molecule has 0 bridgehead atoms. The number of hydrogen-bond donors (Lipinski definition) is 2. The van der Waals surface area contributed by atoms with Crippen molar-refractivity contribution in [2.75, 3.05) is 32.8 Å². The zero-order valence-electron chi connectivity index (χ0n) is 14.0. The predicted molar refractivity (Wildman–Crippen MR) is 98.1 cm³/mol. The number of benzene rings is 1. The van der Waals surface area contributed by atoms with Gasteiger partial charge in [0.1, 0.15) is 6.61 Å². The molecule has 2 aliphatic heterocycles. The highest BCUT2D eigenvalue weighted by molar-refractivity contribution is 6.30. The van der Waals surface area contributed by atoms with Crippen molar-refractivity contribution in [2.45, 2.75) is 13.0 Å². The average molecular weight is 360 g/mol. The van der Waals surface area contributed by atoms with Crippen LogP contribution in [0.4, 0.5) is 0 Å². The van der Waals surface area contributed by atoms with E-state index in [9.17, 15) is 5.11 Å². The summed E-state index contributed by atoms with van der Waals surface area (Å²) in [4.78, 5) is 6.78. The molecule has 3 heterocycles. The van der Waals surface area contributed by atoms with Crippen LogP contribution in [0.15, 0.2) is 30.5 Å². The van der Waals surface area contributed by atoms with Crippen molar-refractivity contribution in [1.29, 1.82) is 0 Å². The Morgan fingerprint density at radius 3 is 3.04 bits per heavy atom. The molecule has 1 saturated heterocycles. The normalized spacial score (nSPS) is 20.8. The summed E-state index contributed by atoms with van der Waals surface area (Å²) >= 11 is 5.92. The number of aromatic nitrogens is 1. The van der Waals surface area contributed by atoms with E-state index in [1.54, 1.807) is 12.3 Å². The molecular formula is C19H22ClN3O2. The first-order valence-corrected chi connectivity index (χ1v) is 9.10. The molecule has 6 heteroatoms. The Labute approximate surface area is 152 Å². The first kappa shape index (κ1) is 16.6. The maximum absolute atomic E-state index is 10.4. The number of aromatic hydroxyl groups is 1. The van der Waals surface area contributed by atoms with E-state index in [1.807, 2.05) is 12.1 Å². The van der Waals surface area contributed by atoms with Crippen LogP contribution in [0.5, 0.6) is 11.5 Å². The summed E-state index contributed by atoms with van der Waals surface area (Å²) in [5, 5.41) is 14.5. The molecule has 132 valence electrons. The fraction of sp³-hybridized carbons (Fsp3) is 0.421. The van der Waals surface area contributed by atoms with Crippen LogP contribution in [0.3, 0.4) is 0 Å². The number of nitrogens with one attached hydrogen (secondary N) is 1. The minimum atomic E-state index is 0.175. The minimum absolute atomic E-state index is 0.175. The van der Waals surface area contributed by atoms with E-state index in [4.69, 9.17) is 16.3 Å². The van der Waals surface area contributed by atoms with Crippen LogP contribution in [0.2, 0.25) is 5.02 Å². The van der Waals surface area contributed by atoms with Crippen molar-refractivity contribution in [1.82, 2.24) is 15.2 Å². The van der Waals surface area contributed by atoms with E-state index < -0.39 is 0 Å². The molecule has 0 aliphatic carbocycles. The Balaban J connectivity index is 1.61. The lowest BCUT2D eigenvalue weighted by molar-refractivity contribution is 0.201. The lowest BCUT2D eigenvalue weighted by atomic mass is 10.0. The Hall–Kier alpha value is -1.82. The molecule has 1 aromatic carbocycles. The molecule has 1 atom stereocenters. The van der Waals surface area contributed by atoms with Crippen molar-refractivity contribution in [3.05, 3.63) is 41.0 Å². The molecule has 1 fully saturated rings. The Morgan fingerprint density at radius 1 is 1.36 bits per heavy atom. The predicted octanol–water partition coefficient (Wildman–Crippen LogP) is 2.91. The third kappa shape index (κ3) is 3.73. The van der Waals surface area contributed by atoms with E-state index in [-0.39, 0.29) is 5.75 Å². The number of phenols is 1. The van der Waals surface area contributed by atoms with Crippen LogP contribution in [0.25, 0.3) is 11.3 Å². The lowest BCUT2D eigenvalue weighted by Gasteiger charge is -2.22. The van der Waals surface area contributed by atoms with Gasteiger partial charge in [0.15, 0.2) is 11.5 Å². The standard InChI is InChI=1S/C19H22ClN3O2/c20-16-1-2-17(22-10-16)14-7-15-12-23(11-13-3-4-21-9-13)5-6-25-19(15)18(24)8-14/h1-2,7-8,10,13,21,24H,3-6,9,11-12H2/t13-/m0/s1. The third-order valence-corrected chi connectivity index (χ3v) is 5.12. The second kappa shape index (κ2) is 7.20. The smallest absolute Gasteiger partial charge is 0.165 e. The van der Waals surface area contributed by atoms with Gasteiger partial charge in [-0.3, -0.25) is 9.88 Å². The molecule has 0 unspecified atom stereocenters. The highest BCUT2D eigenvalue weighted by atomic mass is 35.5. The summed E-state index contributed by atoms with van der Waals surface area (Å²) < 4.78 is 5.84. The van der Waals surface area contributed by atoms with Crippen LogP contribution in [-0.4, -0.2) is 47.8 Å². The van der Waals surface area contributed by atoms with Crippen molar-refractivity contribution >= 4 is 11.6 Å². The van der Waals surface area contributed by atoms with E-state index in [1.165, 1.54) is 6.42 Å². The quantitative estimate of drug-likeness (QED) is 0.882. The molecule has 2 N–H and O–H groups in total. The van der Waals surface area contributed by atoms with Crippen LogP contribution < -0.4 is 10.1 Å². The molecule has 25 heavy (non-hydrogen) atoms. The average Bonchev–Trinajstić information content (AvgIpc) is 3.01. The molecule has 2 aromatic rings. The molecule has 0 amide bonds. The van der Waals surface area contributed by atoms with Gasteiger partial charge >= 0.3 is 0 Å². The highest BCUT2D eigenvalue weighted by Crippen LogP contribution is 2.37. The summed E-state index contributed by atoms with van der Waals surface area (Å²) in [6, 6.07) is 7.45. The summed E-state index contributed by atoms with van der Waals surface area (Å²) in [7, 11) is 0. The number of phenolic OH excluding ortho intramolecular Hbond substituents is 1. The molecule has 5 nitrogen and oxygen atoms in total. The summed E-state index contributed by atoms with van der Waals surface area (Å²) in [6.07, 6.45) is 2.85. The molecule has 4 rings (SSSR count). The molecule has 0 saturated carbocycles. The van der Waals surface area contributed by atoms with E-state index >= 15 is 0 Å². The van der Waals surface area contributed by atoms with Gasteiger partial charge in [-0.25, -0.2) is 0 Å². The zero-order valence-corrected chi connectivity index (χ0v) is 14.8. The highest BCUT2D eigenvalue weighted by Gasteiger charge is 2.23. The number of pyridine rings is 1. The van der Waals surface area contributed by atoms with Crippen LogP contribution in [-0.2, 0) is 6.54 Å². The van der Waals surface area contributed by atoms with E-state index in [0.717, 1.165) is 49.5 Å². The van der Waals surface area contributed by atoms with Gasteiger partial charge in [0, 0.05) is 37.0 Å². The maximum Gasteiger partial charge on any atom is 0.165 e. The van der Waals surface area contributed by atoms with Crippen molar-refractivity contribution in [3.63, 3.8) is 0 Å². The largest absolute Gasteiger partial charge is 0.504 e. The van der Waals surface area contributed by atoms with Gasteiger partial charge < -0.3 is 15.2 Å². The van der Waals surface area contributed by atoms with Crippen molar-refractivity contribution < 1.29 is 9.84 Å². The first-order valence-electron chi connectivity index (χ1n) is 8.73. The fourth-order valence-corrected chi connectivity index (χ4v) is 3.75. The number of nitrogens with zero attached hydrogens (tertiary/aromatic N) is 2. The number of fused-ring (bicyclic) bond motifs is 1. The summed E-state index contributed by atoms with van der Waals surface area (Å²) in [6.45, 7) is 5.50. The summed E-state index contributed by atoms with van der Waals surface area (Å²) in [5.74, 6) is 1.47. The van der Waals surface area contributed by atoms with Crippen LogP contribution >= 0.6 is 11.6 Å². The van der Waals surface area contributed by atoms with Gasteiger partial charge in [-0.2, -0.15) is 0 Å². The maximum atomic E-state index is 10.4. The second-order valence-electron chi connectivity index (χ2n) is 6.79. The number of halogens is 1. The van der Waals surface area contributed by atoms with Gasteiger partial charge in [0.25, 0.3) is 0 Å². The molecule has 0 radical (unpaired) electrons. The Morgan fingerprint density at radius 2 is 2.28 bits per heavy atom. The van der Waals surface area contributed by atoms with Crippen molar-refractivity contribution in [3.8, 4) is 22.8 Å².